The first-order valence-corrected chi connectivity index (χ1v) is 8.62. The fourth-order valence-corrected chi connectivity index (χ4v) is 3.11. The quantitative estimate of drug-likeness (QED) is 0.593. The van der Waals surface area contributed by atoms with Gasteiger partial charge >= 0.3 is 12.1 Å². The number of pyridine rings is 1. The first kappa shape index (κ1) is 20.8. The summed E-state index contributed by atoms with van der Waals surface area (Å²) >= 11 is 0. The normalized spacial score (nSPS) is 11.3. The Bertz CT molecular complexity index is 1210. The number of aromatic hydroxyl groups is 1. The van der Waals surface area contributed by atoms with Gasteiger partial charge in [-0.25, -0.2) is 4.98 Å². The molecule has 0 atom stereocenters. The summed E-state index contributed by atoms with van der Waals surface area (Å²) in [7, 11) is 0. The number of fused-ring (bicyclic) bond motifs is 1. The summed E-state index contributed by atoms with van der Waals surface area (Å²) in [4.78, 5) is 27.2. The van der Waals surface area contributed by atoms with E-state index in [9.17, 15) is 33.1 Å². The van der Waals surface area contributed by atoms with Crippen LogP contribution in [0.3, 0.4) is 0 Å². The van der Waals surface area contributed by atoms with E-state index in [1.54, 1.807) is 6.07 Å². The number of nitriles is 1. The third-order valence-electron chi connectivity index (χ3n) is 4.45. The van der Waals surface area contributed by atoms with Crippen LogP contribution in [0.2, 0.25) is 0 Å². The molecule has 0 fully saturated rings. The number of aromatic nitrogens is 1. The van der Waals surface area contributed by atoms with Gasteiger partial charge in [-0.3, -0.25) is 9.59 Å². The highest BCUT2D eigenvalue weighted by molar-refractivity contribution is 6.05. The lowest BCUT2D eigenvalue weighted by molar-refractivity contribution is -0.137. The van der Waals surface area contributed by atoms with Crippen molar-refractivity contribution in [2.75, 3.05) is 0 Å². The number of hydrogen-bond acceptors (Lipinski definition) is 5. The monoisotopic (exact) mass is 414 g/mol. The van der Waals surface area contributed by atoms with Crippen molar-refractivity contribution in [1.29, 1.82) is 5.26 Å². The van der Waals surface area contributed by atoms with Gasteiger partial charge in [0.2, 0.25) is 0 Å². The maximum atomic E-state index is 13.5. The van der Waals surface area contributed by atoms with Crippen molar-refractivity contribution in [3.8, 4) is 22.9 Å². The Morgan fingerprint density at radius 2 is 1.70 bits per heavy atom. The van der Waals surface area contributed by atoms with E-state index >= 15 is 0 Å². The van der Waals surface area contributed by atoms with E-state index in [1.165, 1.54) is 36.4 Å². The van der Waals surface area contributed by atoms with Crippen LogP contribution in [-0.4, -0.2) is 26.9 Å². The third kappa shape index (κ3) is 3.80. The molecule has 3 rings (SSSR count). The van der Waals surface area contributed by atoms with Crippen LogP contribution in [-0.2, 0) is 11.0 Å². The van der Waals surface area contributed by atoms with Crippen LogP contribution in [0.25, 0.3) is 22.0 Å². The molecule has 0 saturated heterocycles. The molecule has 152 valence electrons. The van der Waals surface area contributed by atoms with Gasteiger partial charge in [-0.05, 0) is 11.6 Å². The molecule has 6 nitrogen and oxygen atoms in total. The standard InChI is InChI=1S/C21H13F3N2O4/c22-21(23,24)15-7-2-1-4-11(15)12-5-3-6-13-14(10-25)20(30)19(26-18(12)13)16(27)8-9-17(28)29/h1-7,30H,8-9H2,(H,28,29). The zero-order valence-corrected chi connectivity index (χ0v) is 15.2. The van der Waals surface area contributed by atoms with Crippen LogP contribution < -0.4 is 0 Å². The van der Waals surface area contributed by atoms with Crippen LogP contribution in [0.5, 0.6) is 5.75 Å². The number of carboxylic acids is 1. The summed E-state index contributed by atoms with van der Waals surface area (Å²) < 4.78 is 40.5. The lowest BCUT2D eigenvalue weighted by atomic mass is 9.94. The van der Waals surface area contributed by atoms with Crippen molar-refractivity contribution in [2.24, 2.45) is 0 Å². The Balaban J connectivity index is 2.32. The molecule has 0 amide bonds. The highest BCUT2D eigenvalue weighted by atomic mass is 19.4. The van der Waals surface area contributed by atoms with E-state index in [4.69, 9.17) is 5.11 Å². The largest absolute Gasteiger partial charge is 0.504 e. The number of carbonyl (C=O) groups excluding carboxylic acids is 1. The molecule has 1 heterocycles. The molecular formula is C21H13F3N2O4. The number of halogens is 3. The molecule has 30 heavy (non-hydrogen) atoms. The van der Waals surface area contributed by atoms with Crippen molar-refractivity contribution < 1.29 is 33.0 Å². The predicted molar refractivity (Wildman–Crippen MR) is 99.8 cm³/mol. The van der Waals surface area contributed by atoms with E-state index in [1.807, 2.05) is 0 Å². The highest BCUT2D eigenvalue weighted by Gasteiger charge is 2.34. The van der Waals surface area contributed by atoms with Gasteiger partial charge < -0.3 is 10.2 Å². The third-order valence-corrected chi connectivity index (χ3v) is 4.45. The number of para-hydroxylation sites is 1. The van der Waals surface area contributed by atoms with Crippen LogP contribution in [0.1, 0.15) is 34.5 Å². The Labute approximate surface area is 167 Å². The second-order valence-electron chi connectivity index (χ2n) is 6.36. The zero-order valence-electron chi connectivity index (χ0n) is 15.2. The molecule has 2 N–H and O–H groups in total. The SMILES string of the molecule is N#Cc1c(O)c(C(=O)CCC(=O)O)nc2c(-c3ccccc3C(F)(F)F)cccc12. The number of aliphatic carboxylic acids is 1. The Morgan fingerprint density at radius 3 is 2.33 bits per heavy atom. The van der Waals surface area contributed by atoms with Crippen molar-refractivity contribution in [3.05, 3.63) is 59.3 Å². The fourth-order valence-electron chi connectivity index (χ4n) is 3.11. The van der Waals surface area contributed by atoms with Crippen LogP contribution in [0.15, 0.2) is 42.5 Å². The molecular weight excluding hydrogens is 401 g/mol. The molecule has 2 aromatic carbocycles. The van der Waals surface area contributed by atoms with Crippen molar-refractivity contribution >= 4 is 22.7 Å². The van der Waals surface area contributed by atoms with Gasteiger partial charge in [0.05, 0.1) is 17.5 Å². The molecule has 0 bridgehead atoms. The predicted octanol–water partition coefficient (Wildman–Crippen LogP) is 4.55. The smallest absolute Gasteiger partial charge is 0.417 e. The summed E-state index contributed by atoms with van der Waals surface area (Å²) in [5, 5.41) is 28.6. The Kier molecular flexibility index (Phi) is 5.43. The molecule has 0 saturated carbocycles. The van der Waals surface area contributed by atoms with Crippen LogP contribution in [0.4, 0.5) is 13.2 Å². The molecule has 0 radical (unpaired) electrons. The van der Waals surface area contributed by atoms with E-state index in [0.29, 0.717) is 0 Å². The second-order valence-corrected chi connectivity index (χ2v) is 6.36. The molecule has 3 aromatic rings. The Hall–Kier alpha value is -3.93. The molecule has 0 aliphatic rings. The van der Waals surface area contributed by atoms with E-state index in [0.717, 1.165) is 6.07 Å². The van der Waals surface area contributed by atoms with E-state index in [-0.39, 0.29) is 27.6 Å². The summed E-state index contributed by atoms with van der Waals surface area (Å²) in [6.45, 7) is 0. The first-order valence-electron chi connectivity index (χ1n) is 8.62. The Morgan fingerprint density at radius 1 is 1.03 bits per heavy atom. The van der Waals surface area contributed by atoms with Gasteiger partial charge in [-0.15, -0.1) is 0 Å². The minimum absolute atomic E-state index is 0.0178. The number of hydrogen-bond donors (Lipinski definition) is 2. The minimum Gasteiger partial charge on any atom is -0.504 e. The number of Topliss-reactive ketones (excluding diaryl/α,β-unsaturated/α-hetero) is 1. The molecule has 9 heteroatoms. The van der Waals surface area contributed by atoms with Crippen molar-refractivity contribution in [1.82, 2.24) is 4.98 Å². The van der Waals surface area contributed by atoms with Gasteiger partial charge in [0.25, 0.3) is 0 Å². The van der Waals surface area contributed by atoms with Crippen molar-refractivity contribution in [3.63, 3.8) is 0 Å². The number of rotatable bonds is 5. The zero-order chi connectivity index (χ0) is 22.1. The van der Waals surface area contributed by atoms with Gasteiger partial charge in [0.15, 0.2) is 11.5 Å². The minimum atomic E-state index is -4.66. The lowest BCUT2D eigenvalue weighted by Crippen LogP contribution is -2.09. The van der Waals surface area contributed by atoms with Gasteiger partial charge in [0, 0.05) is 17.4 Å². The summed E-state index contributed by atoms with van der Waals surface area (Å²) in [5.74, 6) is -2.82. The number of benzene rings is 2. The lowest BCUT2D eigenvalue weighted by Gasteiger charge is -2.15. The number of carbonyl (C=O) groups is 2. The van der Waals surface area contributed by atoms with Crippen LogP contribution in [0, 0.1) is 11.3 Å². The molecule has 0 aliphatic heterocycles. The number of carboxylic acid groups (broad SMARTS) is 1. The maximum absolute atomic E-state index is 13.5. The fraction of sp³-hybridized carbons (Fsp3) is 0.143. The topological polar surface area (TPSA) is 111 Å². The van der Waals surface area contributed by atoms with Gasteiger partial charge in [-0.2, -0.15) is 18.4 Å². The molecule has 0 spiro atoms. The summed E-state index contributed by atoms with van der Waals surface area (Å²) in [6, 6.07) is 10.7. The second kappa shape index (κ2) is 7.83. The van der Waals surface area contributed by atoms with Crippen LogP contribution >= 0.6 is 0 Å². The average Bonchev–Trinajstić information content (AvgIpc) is 2.70. The number of ketones is 1. The molecule has 0 unspecified atom stereocenters. The van der Waals surface area contributed by atoms with E-state index in [2.05, 4.69) is 4.98 Å². The number of alkyl halides is 3. The average molecular weight is 414 g/mol. The molecule has 1 aromatic heterocycles. The molecule has 0 aliphatic carbocycles. The summed E-state index contributed by atoms with van der Waals surface area (Å²) in [6.07, 6.45) is -5.68. The van der Waals surface area contributed by atoms with Gasteiger partial charge in [0.1, 0.15) is 17.3 Å². The number of nitrogens with zero attached hydrogens (tertiary/aromatic N) is 2. The van der Waals surface area contributed by atoms with Crippen molar-refractivity contribution in [2.45, 2.75) is 19.0 Å². The maximum Gasteiger partial charge on any atom is 0.417 e. The first-order chi connectivity index (χ1) is 14.1. The highest BCUT2D eigenvalue weighted by Crippen LogP contribution is 2.40. The summed E-state index contributed by atoms with van der Waals surface area (Å²) in [5.41, 5.74) is -2.08. The van der Waals surface area contributed by atoms with Gasteiger partial charge in [-0.1, -0.05) is 36.4 Å². The van der Waals surface area contributed by atoms with E-state index < -0.39 is 47.8 Å².